The highest BCUT2D eigenvalue weighted by molar-refractivity contribution is 5.87. The Kier molecular flexibility index (Phi) is 4.96. The van der Waals surface area contributed by atoms with E-state index in [1.165, 1.54) is 18.4 Å². The molecule has 1 aromatic carbocycles. The quantitative estimate of drug-likeness (QED) is 0.860. The van der Waals surface area contributed by atoms with Crippen LogP contribution in [0.2, 0.25) is 0 Å². The van der Waals surface area contributed by atoms with E-state index in [0.717, 1.165) is 44.1 Å². The van der Waals surface area contributed by atoms with Crippen molar-refractivity contribution in [3.8, 4) is 0 Å². The third kappa shape index (κ3) is 3.36. The third-order valence-electron chi connectivity index (χ3n) is 7.43. The number of aliphatic hydroxyl groups is 1. The van der Waals surface area contributed by atoms with Gasteiger partial charge in [-0.25, -0.2) is 0 Å². The highest BCUT2D eigenvalue weighted by Gasteiger charge is 2.45. The lowest BCUT2D eigenvalue weighted by molar-refractivity contribution is -0.128. The summed E-state index contributed by atoms with van der Waals surface area (Å²) in [5.74, 6) is 0.421. The summed E-state index contributed by atoms with van der Waals surface area (Å²) in [6.07, 6.45) is 9.10. The van der Waals surface area contributed by atoms with E-state index in [2.05, 4.69) is 43.1 Å². The summed E-state index contributed by atoms with van der Waals surface area (Å²) < 4.78 is 0. The molecule has 2 heterocycles. The maximum absolute atomic E-state index is 13.4. The first-order valence-corrected chi connectivity index (χ1v) is 10.5. The Hall–Kier alpha value is -1.19. The molecule has 4 rings (SSSR count). The number of Topliss-reactive ketones (excluding diaryl/α,β-unsaturated/α-hetero) is 1. The smallest absolute Gasteiger partial charge is 0.143 e. The fraction of sp³-hybridized carbons (Fsp3) is 0.696. The summed E-state index contributed by atoms with van der Waals surface area (Å²) in [5.41, 5.74) is 1.38. The number of rotatable bonds is 5. The first-order chi connectivity index (χ1) is 12.5. The van der Waals surface area contributed by atoms with Gasteiger partial charge in [0, 0.05) is 18.5 Å². The second kappa shape index (κ2) is 7.09. The van der Waals surface area contributed by atoms with Crippen LogP contribution in [-0.2, 0) is 4.79 Å². The summed E-state index contributed by atoms with van der Waals surface area (Å²) in [5, 5.41) is 11.3. The Labute approximate surface area is 157 Å². The summed E-state index contributed by atoms with van der Waals surface area (Å²) in [6, 6.07) is 9.60. The van der Waals surface area contributed by atoms with Crippen LogP contribution in [0.5, 0.6) is 0 Å². The number of hydrogen-bond donors (Lipinski definition) is 1. The molecule has 0 spiro atoms. The Bertz CT molecular complexity index is 633. The standard InChI is InChI=1S/C23H33NO2/c1-16-5-7-18(8-6-16)22(23(26)11-3-4-12-23)21(25)15-17-13-19-9-10-20(14-17)24(19)2/h5-8,17,19-20,22,26H,3-4,9-15H2,1-2H3/t17?,19?,20?,22-/m1/s1. The molecule has 3 aliphatic rings. The summed E-state index contributed by atoms with van der Waals surface area (Å²) in [7, 11) is 2.25. The molecule has 3 heteroatoms. The van der Waals surface area contributed by atoms with Gasteiger partial charge in [0.25, 0.3) is 0 Å². The van der Waals surface area contributed by atoms with Crippen LogP contribution in [0.4, 0.5) is 0 Å². The summed E-state index contributed by atoms with van der Waals surface area (Å²) in [4.78, 5) is 16.0. The Morgan fingerprint density at radius 2 is 1.73 bits per heavy atom. The number of aryl methyl sites for hydroxylation is 1. The van der Waals surface area contributed by atoms with Crippen LogP contribution in [0, 0.1) is 12.8 Å². The van der Waals surface area contributed by atoms with Crippen molar-refractivity contribution in [2.24, 2.45) is 5.92 Å². The van der Waals surface area contributed by atoms with E-state index in [9.17, 15) is 9.90 Å². The van der Waals surface area contributed by atoms with Gasteiger partial charge in [0.1, 0.15) is 5.78 Å². The maximum Gasteiger partial charge on any atom is 0.143 e. The van der Waals surface area contributed by atoms with Gasteiger partial charge in [0.2, 0.25) is 0 Å². The van der Waals surface area contributed by atoms with Gasteiger partial charge in [-0.2, -0.15) is 0 Å². The lowest BCUT2D eigenvalue weighted by Crippen LogP contribution is -2.42. The van der Waals surface area contributed by atoms with Crippen molar-refractivity contribution in [3.63, 3.8) is 0 Å². The second-order valence-electron chi connectivity index (χ2n) is 9.21. The predicted octanol–water partition coefficient (Wildman–Crippen LogP) is 4.22. The van der Waals surface area contributed by atoms with Crippen LogP contribution in [0.15, 0.2) is 24.3 Å². The monoisotopic (exact) mass is 355 g/mol. The highest BCUT2D eigenvalue weighted by Crippen LogP contribution is 2.45. The van der Waals surface area contributed by atoms with Gasteiger partial charge in [-0.05, 0) is 64.0 Å². The molecule has 2 saturated heterocycles. The molecule has 0 amide bonds. The molecule has 1 aromatic rings. The van der Waals surface area contributed by atoms with Gasteiger partial charge in [0.05, 0.1) is 11.5 Å². The van der Waals surface area contributed by atoms with E-state index in [-0.39, 0.29) is 11.7 Å². The van der Waals surface area contributed by atoms with Crippen molar-refractivity contribution in [2.45, 2.75) is 88.3 Å². The number of piperidine rings is 1. The first kappa shape index (κ1) is 18.2. The van der Waals surface area contributed by atoms with E-state index < -0.39 is 5.60 Å². The minimum absolute atomic E-state index is 0.271. The molecule has 1 saturated carbocycles. The zero-order valence-corrected chi connectivity index (χ0v) is 16.3. The van der Waals surface area contributed by atoms with Gasteiger partial charge in [-0.3, -0.25) is 4.79 Å². The molecule has 0 radical (unpaired) electrons. The molecule has 1 aliphatic carbocycles. The predicted molar refractivity (Wildman–Crippen MR) is 104 cm³/mol. The molecule has 2 unspecified atom stereocenters. The van der Waals surface area contributed by atoms with Crippen LogP contribution in [0.3, 0.4) is 0 Å². The van der Waals surface area contributed by atoms with Gasteiger partial charge < -0.3 is 10.0 Å². The fourth-order valence-corrected chi connectivity index (χ4v) is 5.92. The molecular formula is C23H33NO2. The number of benzene rings is 1. The zero-order valence-electron chi connectivity index (χ0n) is 16.3. The Morgan fingerprint density at radius 1 is 1.15 bits per heavy atom. The van der Waals surface area contributed by atoms with E-state index in [0.29, 0.717) is 24.4 Å². The average molecular weight is 356 g/mol. The largest absolute Gasteiger partial charge is 0.389 e. The number of carbonyl (C=O) groups is 1. The SMILES string of the molecule is Cc1ccc([C@H](C(=O)CC2CC3CCC(C2)N3C)C2(O)CCCC2)cc1. The van der Waals surface area contributed by atoms with E-state index in [4.69, 9.17) is 0 Å². The minimum atomic E-state index is -0.837. The first-order valence-electron chi connectivity index (χ1n) is 10.5. The summed E-state index contributed by atoms with van der Waals surface area (Å²) in [6.45, 7) is 2.07. The van der Waals surface area contributed by atoms with Crippen molar-refractivity contribution >= 4 is 5.78 Å². The normalized spacial score (nSPS) is 31.9. The van der Waals surface area contributed by atoms with Crippen LogP contribution < -0.4 is 0 Å². The second-order valence-corrected chi connectivity index (χ2v) is 9.21. The molecule has 0 aromatic heterocycles. The van der Waals surface area contributed by atoms with Crippen molar-refractivity contribution in [3.05, 3.63) is 35.4 Å². The summed E-state index contributed by atoms with van der Waals surface area (Å²) >= 11 is 0. The average Bonchev–Trinajstić information content (AvgIpc) is 3.10. The molecule has 3 atom stereocenters. The number of carbonyl (C=O) groups excluding carboxylic acids is 1. The van der Waals surface area contributed by atoms with E-state index in [1.807, 2.05) is 0 Å². The molecule has 2 bridgehead atoms. The Balaban J connectivity index is 1.54. The molecule has 142 valence electrons. The Morgan fingerprint density at radius 3 is 2.31 bits per heavy atom. The van der Waals surface area contributed by atoms with Gasteiger partial charge in [-0.1, -0.05) is 42.7 Å². The number of nitrogens with zero attached hydrogens (tertiary/aromatic N) is 1. The van der Waals surface area contributed by atoms with Gasteiger partial charge in [0.15, 0.2) is 0 Å². The highest BCUT2D eigenvalue weighted by atomic mass is 16.3. The molecule has 3 nitrogen and oxygen atoms in total. The van der Waals surface area contributed by atoms with E-state index in [1.54, 1.807) is 0 Å². The van der Waals surface area contributed by atoms with Crippen LogP contribution in [-0.4, -0.2) is 40.5 Å². The zero-order chi connectivity index (χ0) is 18.3. The van der Waals surface area contributed by atoms with Crippen molar-refractivity contribution in [1.82, 2.24) is 4.90 Å². The fourth-order valence-electron chi connectivity index (χ4n) is 5.92. The number of fused-ring (bicyclic) bond motifs is 2. The number of hydrogen-bond acceptors (Lipinski definition) is 3. The van der Waals surface area contributed by atoms with Crippen LogP contribution >= 0.6 is 0 Å². The lowest BCUT2D eigenvalue weighted by Gasteiger charge is -2.38. The van der Waals surface area contributed by atoms with Crippen LogP contribution in [0.1, 0.15) is 74.8 Å². The lowest BCUT2D eigenvalue weighted by atomic mass is 9.74. The van der Waals surface area contributed by atoms with Crippen molar-refractivity contribution < 1.29 is 9.90 Å². The number of ketones is 1. The molecule has 26 heavy (non-hydrogen) atoms. The molecule has 3 fully saturated rings. The van der Waals surface area contributed by atoms with Gasteiger partial charge >= 0.3 is 0 Å². The molecule has 1 N–H and O–H groups in total. The molecular weight excluding hydrogens is 322 g/mol. The van der Waals surface area contributed by atoms with E-state index >= 15 is 0 Å². The third-order valence-corrected chi connectivity index (χ3v) is 7.43. The minimum Gasteiger partial charge on any atom is -0.389 e. The maximum atomic E-state index is 13.4. The van der Waals surface area contributed by atoms with Gasteiger partial charge in [-0.15, -0.1) is 0 Å². The van der Waals surface area contributed by atoms with Crippen molar-refractivity contribution in [2.75, 3.05) is 7.05 Å². The topological polar surface area (TPSA) is 40.5 Å². The van der Waals surface area contributed by atoms with Crippen molar-refractivity contribution in [1.29, 1.82) is 0 Å². The van der Waals surface area contributed by atoms with Crippen LogP contribution in [0.25, 0.3) is 0 Å². The molecule has 2 aliphatic heterocycles.